The van der Waals surface area contributed by atoms with Crippen LogP contribution < -0.4 is 0 Å². The van der Waals surface area contributed by atoms with E-state index in [2.05, 4.69) is 52.9 Å². The molecule has 6 heteroatoms. The number of hydrogen-bond acceptors (Lipinski definition) is 4. The molecule has 1 amide bonds. The standard InChI is InChI=1S/C22H26N4OS/c1-5-13-26-20(19-8-6-7-16(2)14-19)23-24-22(26)28-15-17-9-11-18(12-10-17)21(27)25(3)4/h6-12,14H,5,13,15H2,1-4H3. The topological polar surface area (TPSA) is 51.0 Å². The summed E-state index contributed by atoms with van der Waals surface area (Å²) in [4.78, 5) is 13.6. The Morgan fingerprint density at radius 2 is 1.86 bits per heavy atom. The van der Waals surface area contributed by atoms with E-state index in [1.54, 1.807) is 30.8 Å². The number of thioether (sulfide) groups is 1. The Balaban J connectivity index is 1.76. The zero-order valence-electron chi connectivity index (χ0n) is 16.8. The van der Waals surface area contributed by atoms with Gasteiger partial charge in [0.15, 0.2) is 11.0 Å². The van der Waals surface area contributed by atoms with E-state index in [9.17, 15) is 4.79 Å². The average molecular weight is 395 g/mol. The Morgan fingerprint density at radius 1 is 1.11 bits per heavy atom. The molecule has 0 radical (unpaired) electrons. The number of benzene rings is 2. The Labute approximate surface area is 170 Å². The second-order valence-corrected chi connectivity index (χ2v) is 7.95. The zero-order valence-corrected chi connectivity index (χ0v) is 17.7. The van der Waals surface area contributed by atoms with Crippen molar-refractivity contribution in [3.8, 4) is 11.4 Å². The number of nitrogens with zero attached hydrogens (tertiary/aromatic N) is 4. The van der Waals surface area contributed by atoms with Gasteiger partial charge in [-0.1, -0.05) is 54.6 Å². The van der Waals surface area contributed by atoms with Crippen LogP contribution in [0, 0.1) is 6.92 Å². The van der Waals surface area contributed by atoms with Crippen LogP contribution in [0.25, 0.3) is 11.4 Å². The lowest BCUT2D eigenvalue weighted by Gasteiger charge is -2.11. The minimum absolute atomic E-state index is 0.0182. The molecule has 1 aromatic heterocycles. The van der Waals surface area contributed by atoms with Gasteiger partial charge in [-0.2, -0.15) is 0 Å². The Bertz CT molecular complexity index is 947. The van der Waals surface area contributed by atoms with E-state index in [-0.39, 0.29) is 5.91 Å². The molecule has 3 rings (SSSR count). The summed E-state index contributed by atoms with van der Waals surface area (Å²) in [6, 6.07) is 16.1. The van der Waals surface area contributed by atoms with Crippen molar-refractivity contribution in [3.63, 3.8) is 0 Å². The van der Waals surface area contributed by atoms with Gasteiger partial charge >= 0.3 is 0 Å². The number of hydrogen-bond donors (Lipinski definition) is 0. The number of aromatic nitrogens is 3. The Hall–Kier alpha value is -2.60. The fourth-order valence-corrected chi connectivity index (χ4v) is 3.89. The quantitative estimate of drug-likeness (QED) is 0.547. The van der Waals surface area contributed by atoms with Crippen molar-refractivity contribution < 1.29 is 4.79 Å². The summed E-state index contributed by atoms with van der Waals surface area (Å²) in [6.45, 7) is 5.13. The molecule has 5 nitrogen and oxygen atoms in total. The van der Waals surface area contributed by atoms with Gasteiger partial charge in [0.1, 0.15) is 0 Å². The van der Waals surface area contributed by atoms with E-state index in [1.165, 1.54) is 5.56 Å². The molecule has 0 spiro atoms. The molecule has 28 heavy (non-hydrogen) atoms. The monoisotopic (exact) mass is 394 g/mol. The van der Waals surface area contributed by atoms with E-state index in [4.69, 9.17) is 0 Å². The fourth-order valence-electron chi connectivity index (χ4n) is 2.97. The minimum atomic E-state index is 0.0182. The SMILES string of the molecule is CCCn1c(SCc2ccc(C(=O)N(C)C)cc2)nnc1-c1cccc(C)c1. The molecule has 0 aliphatic rings. The molecule has 0 aliphatic heterocycles. The zero-order chi connectivity index (χ0) is 20.1. The third kappa shape index (κ3) is 4.62. The van der Waals surface area contributed by atoms with Gasteiger partial charge in [0, 0.05) is 37.5 Å². The summed E-state index contributed by atoms with van der Waals surface area (Å²) < 4.78 is 2.20. The van der Waals surface area contributed by atoms with Crippen LogP contribution in [0.5, 0.6) is 0 Å². The van der Waals surface area contributed by atoms with Gasteiger partial charge in [0.2, 0.25) is 0 Å². The van der Waals surface area contributed by atoms with Gasteiger partial charge in [-0.25, -0.2) is 0 Å². The van der Waals surface area contributed by atoms with Crippen molar-refractivity contribution in [2.45, 2.75) is 37.7 Å². The Morgan fingerprint density at radius 3 is 2.50 bits per heavy atom. The number of aryl methyl sites for hydroxylation is 1. The van der Waals surface area contributed by atoms with Crippen LogP contribution in [0.15, 0.2) is 53.7 Å². The van der Waals surface area contributed by atoms with E-state index in [0.29, 0.717) is 5.56 Å². The third-order valence-corrected chi connectivity index (χ3v) is 5.45. The first-order chi connectivity index (χ1) is 13.5. The van der Waals surface area contributed by atoms with Gasteiger partial charge < -0.3 is 9.47 Å². The van der Waals surface area contributed by atoms with Crippen LogP contribution in [0.2, 0.25) is 0 Å². The molecule has 0 atom stereocenters. The molecule has 0 saturated heterocycles. The van der Waals surface area contributed by atoms with E-state index in [0.717, 1.165) is 40.8 Å². The first-order valence-corrected chi connectivity index (χ1v) is 10.4. The van der Waals surface area contributed by atoms with Crippen molar-refractivity contribution in [1.82, 2.24) is 19.7 Å². The van der Waals surface area contributed by atoms with Crippen LogP contribution in [0.4, 0.5) is 0 Å². The van der Waals surface area contributed by atoms with Crippen LogP contribution in [-0.4, -0.2) is 39.7 Å². The fraction of sp³-hybridized carbons (Fsp3) is 0.318. The van der Waals surface area contributed by atoms with Crippen molar-refractivity contribution in [2.75, 3.05) is 14.1 Å². The summed E-state index contributed by atoms with van der Waals surface area (Å²) in [5, 5.41) is 9.82. The lowest BCUT2D eigenvalue weighted by atomic mass is 10.1. The molecule has 0 aliphatic carbocycles. The molecule has 146 valence electrons. The normalized spacial score (nSPS) is 10.9. The Kier molecular flexibility index (Phi) is 6.52. The molecule has 0 saturated carbocycles. The highest BCUT2D eigenvalue weighted by atomic mass is 32.2. The average Bonchev–Trinajstić information content (AvgIpc) is 3.09. The second-order valence-electron chi connectivity index (χ2n) is 7.01. The molecule has 1 heterocycles. The molecule has 0 fully saturated rings. The molecule has 2 aromatic carbocycles. The maximum absolute atomic E-state index is 12.0. The van der Waals surface area contributed by atoms with Gasteiger partial charge in [-0.05, 0) is 37.1 Å². The molecule has 0 bridgehead atoms. The van der Waals surface area contributed by atoms with Crippen LogP contribution in [0.1, 0.15) is 34.8 Å². The first-order valence-electron chi connectivity index (χ1n) is 9.43. The van der Waals surface area contributed by atoms with E-state index >= 15 is 0 Å². The predicted octanol–water partition coefficient (Wildman–Crippen LogP) is 4.66. The van der Waals surface area contributed by atoms with Crippen molar-refractivity contribution in [3.05, 3.63) is 65.2 Å². The van der Waals surface area contributed by atoms with Crippen molar-refractivity contribution >= 4 is 17.7 Å². The number of amides is 1. The van der Waals surface area contributed by atoms with E-state index < -0.39 is 0 Å². The third-order valence-electron chi connectivity index (χ3n) is 4.42. The number of carbonyl (C=O) groups is 1. The number of carbonyl (C=O) groups excluding carboxylic acids is 1. The highest BCUT2D eigenvalue weighted by Gasteiger charge is 2.14. The molecule has 3 aromatic rings. The van der Waals surface area contributed by atoms with Gasteiger partial charge in [0.05, 0.1) is 0 Å². The molecular formula is C22H26N4OS. The lowest BCUT2D eigenvalue weighted by Crippen LogP contribution is -2.21. The highest BCUT2D eigenvalue weighted by Crippen LogP contribution is 2.27. The predicted molar refractivity (Wildman–Crippen MR) is 115 cm³/mol. The van der Waals surface area contributed by atoms with Crippen LogP contribution in [-0.2, 0) is 12.3 Å². The largest absolute Gasteiger partial charge is 0.345 e. The maximum atomic E-state index is 12.0. The smallest absolute Gasteiger partial charge is 0.253 e. The van der Waals surface area contributed by atoms with Crippen molar-refractivity contribution in [2.24, 2.45) is 0 Å². The maximum Gasteiger partial charge on any atom is 0.253 e. The summed E-state index contributed by atoms with van der Waals surface area (Å²) in [5.74, 6) is 1.72. The van der Waals surface area contributed by atoms with Gasteiger partial charge in [-0.15, -0.1) is 10.2 Å². The number of rotatable bonds is 7. The molecule has 0 unspecified atom stereocenters. The van der Waals surface area contributed by atoms with Crippen molar-refractivity contribution in [1.29, 1.82) is 0 Å². The summed E-state index contributed by atoms with van der Waals surface area (Å²) in [5.41, 5.74) is 4.17. The summed E-state index contributed by atoms with van der Waals surface area (Å²) in [7, 11) is 3.52. The van der Waals surface area contributed by atoms with Crippen LogP contribution in [0.3, 0.4) is 0 Å². The summed E-state index contributed by atoms with van der Waals surface area (Å²) in [6.07, 6.45) is 1.02. The van der Waals surface area contributed by atoms with Gasteiger partial charge in [-0.3, -0.25) is 4.79 Å². The highest BCUT2D eigenvalue weighted by molar-refractivity contribution is 7.98. The lowest BCUT2D eigenvalue weighted by molar-refractivity contribution is 0.0827. The van der Waals surface area contributed by atoms with Crippen LogP contribution >= 0.6 is 11.8 Å². The minimum Gasteiger partial charge on any atom is -0.345 e. The van der Waals surface area contributed by atoms with Gasteiger partial charge in [0.25, 0.3) is 5.91 Å². The second kappa shape index (κ2) is 9.06. The molecule has 0 N–H and O–H groups in total. The first kappa shape index (κ1) is 20.1. The summed E-state index contributed by atoms with van der Waals surface area (Å²) >= 11 is 1.67. The molecular weight excluding hydrogens is 368 g/mol. The van der Waals surface area contributed by atoms with E-state index in [1.807, 2.05) is 24.3 Å².